The summed E-state index contributed by atoms with van der Waals surface area (Å²) >= 11 is 0. The molecule has 3 heterocycles. The average molecular weight is 388 g/mol. The van der Waals surface area contributed by atoms with Gasteiger partial charge in [-0.25, -0.2) is 4.98 Å². The highest BCUT2D eigenvalue weighted by molar-refractivity contribution is 6.12. The number of pyridine rings is 1. The maximum atomic E-state index is 13.2. The van der Waals surface area contributed by atoms with Gasteiger partial charge in [0, 0.05) is 53.1 Å². The molecule has 0 saturated heterocycles. The van der Waals surface area contributed by atoms with Crippen LogP contribution in [-0.4, -0.2) is 30.7 Å². The molecule has 6 heteroatoms. The lowest BCUT2D eigenvalue weighted by Crippen LogP contribution is -2.07. The van der Waals surface area contributed by atoms with Gasteiger partial charge in [0.2, 0.25) is 5.78 Å². The van der Waals surface area contributed by atoms with Gasteiger partial charge < -0.3 is 0 Å². The van der Waals surface area contributed by atoms with E-state index in [2.05, 4.69) is 37.2 Å². The second kappa shape index (κ2) is 7.60. The third kappa shape index (κ3) is 3.31. The maximum absolute atomic E-state index is 13.2. The first-order valence-corrected chi connectivity index (χ1v) is 9.28. The molecule has 0 spiro atoms. The van der Waals surface area contributed by atoms with Gasteiger partial charge >= 0.3 is 0 Å². The lowest BCUT2D eigenvalue weighted by atomic mass is 9.94. The largest absolute Gasteiger partial charge is 0.287 e. The Hall–Kier alpha value is -4.32. The summed E-state index contributed by atoms with van der Waals surface area (Å²) in [6.07, 6.45) is 12.3. The zero-order valence-electron chi connectivity index (χ0n) is 15.7. The van der Waals surface area contributed by atoms with Crippen LogP contribution in [0.1, 0.15) is 16.1 Å². The molecule has 3 aromatic heterocycles. The fourth-order valence-corrected chi connectivity index (χ4v) is 3.31. The predicted molar refractivity (Wildman–Crippen MR) is 113 cm³/mol. The Kier molecular flexibility index (Phi) is 4.50. The molecule has 141 valence electrons. The van der Waals surface area contributed by atoms with E-state index in [9.17, 15) is 4.79 Å². The minimum absolute atomic E-state index is 0.149. The van der Waals surface area contributed by atoms with Crippen molar-refractivity contribution in [2.75, 3.05) is 0 Å². The van der Waals surface area contributed by atoms with Gasteiger partial charge in [0.1, 0.15) is 11.9 Å². The van der Waals surface area contributed by atoms with Crippen LogP contribution in [0.2, 0.25) is 0 Å². The molecular formula is C24H14N5O. The molecule has 0 aliphatic carbocycles. The molecule has 1 radical (unpaired) electrons. The quantitative estimate of drug-likeness (QED) is 0.430. The number of fused-ring (bicyclic) bond motifs is 1. The van der Waals surface area contributed by atoms with Gasteiger partial charge in [-0.2, -0.15) is 0 Å². The van der Waals surface area contributed by atoms with Crippen molar-refractivity contribution >= 4 is 16.7 Å². The normalized spacial score (nSPS) is 10.8. The second-order valence-electron chi connectivity index (χ2n) is 6.61. The SMILES string of the molecule is O=C(c1[c]nccn1)c1cc(-c2cnc3ccccc3c2)ccc1-c1cnccn1. The van der Waals surface area contributed by atoms with Crippen molar-refractivity contribution in [1.82, 2.24) is 24.9 Å². The Labute approximate surface area is 172 Å². The van der Waals surface area contributed by atoms with Crippen molar-refractivity contribution < 1.29 is 4.79 Å². The number of para-hydroxylation sites is 1. The summed E-state index contributed by atoms with van der Waals surface area (Å²) < 4.78 is 0. The van der Waals surface area contributed by atoms with Gasteiger partial charge in [-0.1, -0.05) is 30.3 Å². The molecule has 0 N–H and O–H groups in total. The maximum Gasteiger partial charge on any atom is 0.214 e. The van der Waals surface area contributed by atoms with Gasteiger partial charge in [0.05, 0.1) is 17.4 Å². The van der Waals surface area contributed by atoms with Crippen LogP contribution in [0.3, 0.4) is 0 Å². The van der Waals surface area contributed by atoms with Gasteiger partial charge in [-0.05, 0) is 23.8 Å². The Morgan fingerprint density at radius 3 is 2.53 bits per heavy atom. The summed E-state index contributed by atoms with van der Waals surface area (Å²) in [6, 6.07) is 15.6. The smallest absolute Gasteiger partial charge is 0.214 e. The standard InChI is InChI=1S/C24H14N5O/c30-24(23-15-26-8-10-28-23)20-12-16(5-6-19(20)22-14-25-7-9-27-22)18-11-17-3-1-2-4-21(17)29-13-18/h1-14H. The molecule has 0 amide bonds. The molecule has 0 bridgehead atoms. The van der Waals surface area contributed by atoms with Gasteiger partial charge in [0.25, 0.3) is 0 Å². The first-order chi connectivity index (χ1) is 14.8. The van der Waals surface area contributed by atoms with Gasteiger partial charge in [0.15, 0.2) is 0 Å². The molecule has 0 aliphatic rings. The minimum Gasteiger partial charge on any atom is -0.287 e. The highest BCUT2D eigenvalue weighted by Crippen LogP contribution is 2.30. The van der Waals surface area contributed by atoms with E-state index in [-0.39, 0.29) is 11.5 Å². The molecule has 5 aromatic rings. The van der Waals surface area contributed by atoms with Crippen molar-refractivity contribution in [2.24, 2.45) is 0 Å². The number of nitrogens with zero attached hydrogens (tertiary/aromatic N) is 5. The molecule has 0 fully saturated rings. The predicted octanol–water partition coefficient (Wildman–Crippen LogP) is 4.18. The molecule has 0 saturated carbocycles. The highest BCUT2D eigenvalue weighted by atomic mass is 16.1. The Bertz CT molecular complexity index is 1350. The van der Waals surface area contributed by atoms with Gasteiger partial charge in [-0.3, -0.25) is 24.7 Å². The zero-order valence-corrected chi connectivity index (χ0v) is 15.7. The first kappa shape index (κ1) is 17.8. The number of benzene rings is 2. The van der Waals surface area contributed by atoms with Crippen molar-refractivity contribution in [1.29, 1.82) is 0 Å². The summed E-state index contributed by atoms with van der Waals surface area (Å²) in [7, 11) is 0. The van der Waals surface area contributed by atoms with E-state index in [0.717, 1.165) is 22.0 Å². The van der Waals surface area contributed by atoms with Crippen LogP contribution in [0.15, 0.2) is 85.7 Å². The lowest BCUT2D eigenvalue weighted by molar-refractivity contribution is 0.103. The average Bonchev–Trinajstić information content (AvgIpc) is 2.84. The number of hydrogen-bond acceptors (Lipinski definition) is 6. The molecule has 30 heavy (non-hydrogen) atoms. The van der Waals surface area contributed by atoms with Crippen LogP contribution in [-0.2, 0) is 0 Å². The molecular weight excluding hydrogens is 374 g/mol. The minimum atomic E-state index is -0.278. The van der Waals surface area contributed by atoms with Gasteiger partial charge in [-0.15, -0.1) is 0 Å². The number of carbonyl (C=O) groups excluding carboxylic acids is 1. The van der Waals surface area contributed by atoms with Crippen molar-refractivity contribution in [2.45, 2.75) is 0 Å². The molecule has 5 rings (SSSR count). The molecule has 2 aromatic carbocycles. The van der Waals surface area contributed by atoms with Crippen LogP contribution in [0, 0.1) is 6.20 Å². The van der Waals surface area contributed by atoms with E-state index >= 15 is 0 Å². The van der Waals surface area contributed by atoms with E-state index in [1.165, 1.54) is 12.4 Å². The summed E-state index contributed by atoms with van der Waals surface area (Å²) in [5.74, 6) is -0.278. The van der Waals surface area contributed by atoms with E-state index in [0.29, 0.717) is 16.8 Å². The lowest BCUT2D eigenvalue weighted by Gasteiger charge is -2.11. The fraction of sp³-hybridized carbons (Fsp3) is 0. The summed E-state index contributed by atoms with van der Waals surface area (Å²) in [5, 5.41) is 1.03. The van der Waals surface area contributed by atoms with Crippen molar-refractivity contribution in [3.63, 3.8) is 0 Å². The van der Waals surface area contributed by atoms with Crippen LogP contribution in [0.5, 0.6) is 0 Å². The van der Waals surface area contributed by atoms with Crippen LogP contribution in [0.25, 0.3) is 33.3 Å². The summed E-state index contributed by atoms with van der Waals surface area (Å²) in [4.78, 5) is 34.3. The topological polar surface area (TPSA) is 81.5 Å². The molecule has 6 nitrogen and oxygen atoms in total. The van der Waals surface area contributed by atoms with E-state index in [4.69, 9.17) is 0 Å². The second-order valence-corrected chi connectivity index (χ2v) is 6.61. The molecule has 0 unspecified atom stereocenters. The van der Waals surface area contributed by atoms with E-state index in [1.54, 1.807) is 18.6 Å². The van der Waals surface area contributed by atoms with Crippen molar-refractivity contribution in [3.8, 4) is 22.4 Å². The zero-order chi connectivity index (χ0) is 20.3. The summed E-state index contributed by atoms with van der Waals surface area (Å²) in [5.41, 5.74) is 4.58. The number of ketones is 1. The fourth-order valence-electron chi connectivity index (χ4n) is 3.31. The number of rotatable bonds is 4. The molecule has 0 aliphatic heterocycles. The summed E-state index contributed by atoms with van der Waals surface area (Å²) in [6.45, 7) is 0. The monoisotopic (exact) mass is 388 g/mol. The highest BCUT2D eigenvalue weighted by Gasteiger charge is 2.19. The van der Waals surface area contributed by atoms with Crippen LogP contribution < -0.4 is 0 Å². The Morgan fingerprint density at radius 2 is 1.70 bits per heavy atom. The van der Waals surface area contributed by atoms with Crippen molar-refractivity contribution in [3.05, 3.63) is 103 Å². The van der Waals surface area contributed by atoms with E-state index in [1.807, 2.05) is 48.7 Å². The number of hydrogen-bond donors (Lipinski definition) is 0. The van der Waals surface area contributed by atoms with E-state index < -0.39 is 0 Å². The Balaban J connectivity index is 1.67. The number of carbonyl (C=O) groups is 1. The number of aromatic nitrogens is 5. The molecule has 0 atom stereocenters. The Morgan fingerprint density at radius 1 is 0.800 bits per heavy atom. The van der Waals surface area contributed by atoms with Crippen LogP contribution in [0.4, 0.5) is 0 Å². The third-order valence-corrected chi connectivity index (χ3v) is 4.76. The third-order valence-electron chi connectivity index (χ3n) is 4.76. The first-order valence-electron chi connectivity index (χ1n) is 9.28. The van der Waals surface area contributed by atoms with Crippen LogP contribution >= 0.6 is 0 Å².